The summed E-state index contributed by atoms with van der Waals surface area (Å²) in [6.45, 7) is 1.88. The molecule has 1 aliphatic heterocycles. The Hall–Kier alpha value is -0.800. The molecule has 0 spiro atoms. The molecule has 0 aliphatic carbocycles. The number of aliphatic carboxylic acids is 1. The monoisotopic (exact) mass is 297 g/mol. The molecular formula is C9H15NO6S2. The molecule has 9 heteroatoms. The summed E-state index contributed by atoms with van der Waals surface area (Å²) in [6.07, 6.45) is 1.04. The molecule has 1 aliphatic rings. The molecular weight excluding hydrogens is 282 g/mol. The van der Waals surface area contributed by atoms with Crippen LogP contribution in [0.2, 0.25) is 0 Å². The summed E-state index contributed by atoms with van der Waals surface area (Å²) in [7, 11) is -3.91. The molecule has 1 heterocycles. The van der Waals surface area contributed by atoms with Gasteiger partial charge in [-0.05, 0) is 23.6 Å². The lowest BCUT2D eigenvalue weighted by atomic mass is 10.1. The van der Waals surface area contributed by atoms with Gasteiger partial charge in [0.25, 0.3) is 0 Å². The Morgan fingerprint density at radius 2 is 2.11 bits per heavy atom. The minimum atomic E-state index is -4.18. The van der Waals surface area contributed by atoms with Crippen molar-refractivity contribution in [2.45, 2.75) is 25.8 Å². The van der Waals surface area contributed by atoms with Crippen molar-refractivity contribution in [1.82, 2.24) is 4.90 Å². The van der Waals surface area contributed by atoms with Gasteiger partial charge in [-0.2, -0.15) is 8.42 Å². The van der Waals surface area contributed by atoms with E-state index in [0.717, 1.165) is 0 Å². The third kappa shape index (κ3) is 4.14. The van der Waals surface area contributed by atoms with Crippen LogP contribution in [0.15, 0.2) is 0 Å². The number of likely N-dealkylation sites (tertiary alicyclic amines) is 1. The Balaban J connectivity index is 2.60. The topological polar surface area (TPSA) is 112 Å². The molecule has 0 aromatic rings. The summed E-state index contributed by atoms with van der Waals surface area (Å²) in [4.78, 5) is 24.1. The van der Waals surface area contributed by atoms with Gasteiger partial charge in [0, 0.05) is 18.2 Å². The summed E-state index contributed by atoms with van der Waals surface area (Å²) in [5, 5.41) is 8.94. The molecule has 0 radical (unpaired) electrons. The van der Waals surface area contributed by atoms with Crippen LogP contribution in [0, 0.1) is 5.92 Å². The average molecular weight is 297 g/mol. The highest BCUT2D eigenvalue weighted by Gasteiger charge is 2.35. The molecule has 1 rings (SSSR count). The third-order valence-corrected chi connectivity index (χ3v) is 4.95. The number of nitrogens with zero attached hydrogens (tertiary/aromatic N) is 1. The van der Waals surface area contributed by atoms with Gasteiger partial charge < -0.3 is 10.0 Å². The fourth-order valence-corrected chi connectivity index (χ4v) is 3.48. The van der Waals surface area contributed by atoms with Crippen molar-refractivity contribution < 1.29 is 27.7 Å². The van der Waals surface area contributed by atoms with Gasteiger partial charge in [-0.15, -0.1) is 0 Å². The molecule has 1 saturated heterocycles. The SMILES string of the molecule is C[C@H](CSS(=O)(=O)O)C(=O)N1CCC[C@H]1C(=O)O. The highest BCUT2D eigenvalue weighted by molar-refractivity contribution is 8.69. The Kier molecular flexibility index (Phi) is 5.00. The van der Waals surface area contributed by atoms with Gasteiger partial charge in [-0.1, -0.05) is 6.92 Å². The van der Waals surface area contributed by atoms with Gasteiger partial charge in [0.05, 0.1) is 0 Å². The Morgan fingerprint density at radius 3 is 2.61 bits per heavy atom. The molecule has 104 valence electrons. The molecule has 0 saturated carbocycles. The number of hydrogen-bond donors (Lipinski definition) is 2. The van der Waals surface area contributed by atoms with Crippen LogP contribution in [0.1, 0.15) is 19.8 Å². The molecule has 2 N–H and O–H groups in total. The first-order chi connectivity index (χ1) is 8.22. The van der Waals surface area contributed by atoms with Gasteiger partial charge in [0.2, 0.25) is 5.91 Å². The van der Waals surface area contributed by atoms with Crippen molar-refractivity contribution in [2.75, 3.05) is 12.3 Å². The lowest BCUT2D eigenvalue weighted by Crippen LogP contribution is -2.43. The predicted octanol–water partition coefficient (Wildman–Crippen LogP) is 0.234. The van der Waals surface area contributed by atoms with Crippen LogP contribution < -0.4 is 0 Å². The molecule has 7 nitrogen and oxygen atoms in total. The second-order valence-electron chi connectivity index (χ2n) is 4.14. The van der Waals surface area contributed by atoms with Crippen molar-refractivity contribution >= 4 is 31.8 Å². The van der Waals surface area contributed by atoms with Gasteiger partial charge in [0.15, 0.2) is 0 Å². The smallest absolute Gasteiger partial charge is 0.326 e. The maximum atomic E-state index is 11.9. The zero-order valence-electron chi connectivity index (χ0n) is 9.77. The van der Waals surface area contributed by atoms with Gasteiger partial charge >= 0.3 is 15.1 Å². The predicted molar refractivity (Wildman–Crippen MR) is 65.5 cm³/mol. The maximum Gasteiger partial charge on any atom is 0.326 e. The van der Waals surface area contributed by atoms with E-state index in [-0.39, 0.29) is 16.5 Å². The summed E-state index contributed by atoms with van der Waals surface area (Å²) in [5.41, 5.74) is 0. The lowest BCUT2D eigenvalue weighted by Gasteiger charge is -2.24. The summed E-state index contributed by atoms with van der Waals surface area (Å²) in [6, 6.07) is -0.823. The van der Waals surface area contributed by atoms with E-state index in [4.69, 9.17) is 9.66 Å². The molecule has 0 aromatic carbocycles. The van der Waals surface area contributed by atoms with E-state index in [2.05, 4.69) is 0 Å². The minimum Gasteiger partial charge on any atom is -0.480 e. The van der Waals surface area contributed by atoms with E-state index in [0.29, 0.717) is 19.4 Å². The minimum absolute atomic E-state index is 0.0967. The van der Waals surface area contributed by atoms with Gasteiger partial charge in [-0.3, -0.25) is 9.35 Å². The van der Waals surface area contributed by atoms with Crippen molar-refractivity contribution in [2.24, 2.45) is 5.92 Å². The second-order valence-corrected chi connectivity index (χ2v) is 7.54. The Bertz CT molecular complexity index is 434. The summed E-state index contributed by atoms with van der Waals surface area (Å²) < 4.78 is 29.7. The Labute approximate surface area is 109 Å². The number of hydrogen-bond acceptors (Lipinski definition) is 5. The quantitative estimate of drug-likeness (QED) is 0.552. The van der Waals surface area contributed by atoms with Crippen molar-refractivity contribution in [3.05, 3.63) is 0 Å². The van der Waals surface area contributed by atoms with Crippen LogP contribution in [0.25, 0.3) is 0 Å². The summed E-state index contributed by atoms with van der Waals surface area (Å²) in [5.74, 6) is -2.19. The fraction of sp³-hybridized carbons (Fsp3) is 0.778. The molecule has 2 atom stereocenters. The third-order valence-electron chi connectivity index (χ3n) is 2.71. The number of carbonyl (C=O) groups is 2. The van der Waals surface area contributed by atoms with Crippen molar-refractivity contribution in [3.63, 3.8) is 0 Å². The van der Waals surface area contributed by atoms with Crippen LogP contribution in [-0.2, 0) is 18.7 Å². The zero-order valence-corrected chi connectivity index (χ0v) is 11.4. The first-order valence-electron chi connectivity index (χ1n) is 5.37. The normalized spacial score (nSPS) is 21.9. The lowest BCUT2D eigenvalue weighted by molar-refractivity contribution is -0.149. The van der Waals surface area contributed by atoms with Crippen LogP contribution in [-0.4, -0.2) is 53.2 Å². The van der Waals surface area contributed by atoms with Crippen molar-refractivity contribution in [3.8, 4) is 0 Å². The van der Waals surface area contributed by atoms with E-state index in [9.17, 15) is 18.0 Å². The number of rotatable bonds is 5. The number of carboxylic acids is 1. The van der Waals surface area contributed by atoms with E-state index in [1.54, 1.807) is 0 Å². The van der Waals surface area contributed by atoms with Crippen LogP contribution in [0.5, 0.6) is 0 Å². The average Bonchev–Trinajstić information content (AvgIpc) is 2.72. The van der Waals surface area contributed by atoms with E-state index in [1.807, 2.05) is 0 Å². The van der Waals surface area contributed by atoms with Crippen LogP contribution in [0.3, 0.4) is 0 Å². The molecule has 0 unspecified atom stereocenters. The maximum absolute atomic E-state index is 11.9. The highest BCUT2D eigenvalue weighted by atomic mass is 33.1. The molecule has 18 heavy (non-hydrogen) atoms. The van der Waals surface area contributed by atoms with Gasteiger partial charge in [-0.25, -0.2) is 4.79 Å². The zero-order chi connectivity index (χ0) is 13.9. The van der Waals surface area contributed by atoms with E-state index in [1.165, 1.54) is 11.8 Å². The van der Waals surface area contributed by atoms with Crippen LogP contribution >= 0.6 is 10.8 Å². The molecule has 1 fully saturated rings. The largest absolute Gasteiger partial charge is 0.480 e. The summed E-state index contributed by atoms with van der Waals surface area (Å²) >= 11 is 0. The second kappa shape index (κ2) is 5.89. The first-order valence-corrected chi connectivity index (χ1v) is 8.31. The molecule has 0 bridgehead atoms. The first kappa shape index (κ1) is 15.3. The fourth-order valence-electron chi connectivity index (χ4n) is 1.83. The van der Waals surface area contributed by atoms with E-state index >= 15 is 0 Å². The highest BCUT2D eigenvalue weighted by Crippen LogP contribution is 2.22. The van der Waals surface area contributed by atoms with E-state index < -0.39 is 33.0 Å². The molecule has 0 aromatic heterocycles. The van der Waals surface area contributed by atoms with Crippen LogP contribution in [0.4, 0.5) is 0 Å². The Morgan fingerprint density at radius 1 is 1.50 bits per heavy atom. The van der Waals surface area contributed by atoms with Gasteiger partial charge in [0.1, 0.15) is 6.04 Å². The standard InChI is InChI=1S/C9H15NO6S2/c1-6(5-17-18(14,15)16)8(11)10-4-2-3-7(10)9(12)13/h6-7H,2-5H2,1H3,(H,12,13)(H,14,15,16)/t6-,7+/m1/s1. The van der Waals surface area contributed by atoms with Crippen molar-refractivity contribution in [1.29, 1.82) is 0 Å². The number of carboxylic acid groups (broad SMARTS) is 1. The number of amides is 1. The molecule has 1 amide bonds. The number of carbonyl (C=O) groups excluding carboxylic acids is 1.